The van der Waals surface area contributed by atoms with E-state index in [0.29, 0.717) is 13.0 Å². The van der Waals surface area contributed by atoms with Crippen LogP contribution >= 0.6 is 0 Å². The van der Waals surface area contributed by atoms with Crippen molar-refractivity contribution in [3.8, 4) is 5.75 Å². The predicted molar refractivity (Wildman–Crippen MR) is 93.7 cm³/mol. The minimum atomic E-state index is -3.63. The normalized spacial score (nSPS) is 15.0. The van der Waals surface area contributed by atoms with Crippen LogP contribution in [0.4, 0.5) is 4.39 Å². The van der Waals surface area contributed by atoms with Crippen LogP contribution in [0.15, 0.2) is 47.4 Å². The van der Waals surface area contributed by atoms with Gasteiger partial charge in [-0.3, -0.25) is 0 Å². The molecule has 0 aromatic heterocycles. The van der Waals surface area contributed by atoms with E-state index in [1.807, 2.05) is 19.0 Å². The van der Waals surface area contributed by atoms with Crippen LogP contribution in [0.25, 0.3) is 0 Å². The van der Waals surface area contributed by atoms with E-state index >= 15 is 0 Å². The smallest absolute Gasteiger partial charge is 0.240 e. The monoisotopic (exact) mass is 364 g/mol. The zero-order valence-corrected chi connectivity index (χ0v) is 15.0. The summed E-state index contributed by atoms with van der Waals surface area (Å²) in [4.78, 5) is 2.13. The van der Waals surface area contributed by atoms with Gasteiger partial charge in [-0.15, -0.1) is 0 Å². The van der Waals surface area contributed by atoms with Gasteiger partial charge in [-0.2, -0.15) is 0 Å². The van der Waals surface area contributed by atoms with Crippen molar-refractivity contribution in [1.29, 1.82) is 0 Å². The Balaban J connectivity index is 1.76. The maximum atomic E-state index is 13.1. The summed E-state index contributed by atoms with van der Waals surface area (Å²) in [5, 5.41) is 0. The minimum Gasteiger partial charge on any atom is -0.493 e. The molecule has 0 saturated carbocycles. The van der Waals surface area contributed by atoms with Crippen LogP contribution in [0.3, 0.4) is 0 Å². The number of halogens is 1. The highest BCUT2D eigenvalue weighted by Gasteiger charge is 2.22. The second-order valence-electron chi connectivity index (χ2n) is 6.25. The number of nitrogens with one attached hydrogen (secondary N) is 1. The summed E-state index contributed by atoms with van der Waals surface area (Å²) in [6.45, 7) is 0.772. The fourth-order valence-corrected chi connectivity index (χ4v) is 3.97. The van der Waals surface area contributed by atoms with Crippen molar-refractivity contribution in [2.45, 2.75) is 17.4 Å². The Hall–Kier alpha value is -1.96. The van der Waals surface area contributed by atoms with Gasteiger partial charge in [0.15, 0.2) is 0 Å². The van der Waals surface area contributed by atoms with Gasteiger partial charge < -0.3 is 9.64 Å². The minimum absolute atomic E-state index is 0.189. The van der Waals surface area contributed by atoms with Crippen molar-refractivity contribution in [1.82, 2.24) is 9.62 Å². The first-order valence-electron chi connectivity index (χ1n) is 8.04. The molecule has 0 radical (unpaired) electrons. The summed E-state index contributed by atoms with van der Waals surface area (Å²) in [7, 11) is 0.0795. The number of rotatable bonds is 6. The molecule has 7 heteroatoms. The molecule has 2 aromatic carbocycles. The maximum Gasteiger partial charge on any atom is 0.240 e. The molecule has 0 saturated heterocycles. The summed E-state index contributed by atoms with van der Waals surface area (Å²) < 4.78 is 46.4. The van der Waals surface area contributed by atoms with E-state index in [0.717, 1.165) is 16.9 Å². The number of sulfonamides is 1. The Kier molecular flexibility index (Phi) is 5.08. The average Bonchev–Trinajstić information content (AvgIpc) is 3.04. The fourth-order valence-electron chi connectivity index (χ4n) is 2.89. The second-order valence-corrected chi connectivity index (χ2v) is 8.02. The maximum absolute atomic E-state index is 13.1. The topological polar surface area (TPSA) is 58.6 Å². The Morgan fingerprint density at radius 2 is 1.92 bits per heavy atom. The van der Waals surface area contributed by atoms with E-state index in [1.165, 1.54) is 12.1 Å². The van der Waals surface area contributed by atoms with Gasteiger partial charge in [0.1, 0.15) is 11.6 Å². The van der Waals surface area contributed by atoms with E-state index < -0.39 is 10.0 Å². The van der Waals surface area contributed by atoms with Crippen LogP contribution in [-0.2, 0) is 16.4 Å². The van der Waals surface area contributed by atoms with Gasteiger partial charge >= 0.3 is 0 Å². The van der Waals surface area contributed by atoms with Gasteiger partial charge in [0.05, 0.1) is 11.5 Å². The van der Waals surface area contributed by atoms with E-state index in [-0.39, 0.29) is 23.3 Å². The lowest BCUT2D eigenvalue weighted by atomic mass is 10.1. The van der Waals surface area contributed by atoms with E-state index in [1.54, 1.807) is 30.3 Å². The third-order valence-corrected chi connectivity index (χ3v) is 5.74. The summed E-state index contributed by atoms with van der Waals surface area (Å²) in [5.74, 6) is 0.429. The second kappa shape index (κ2) is 7.11. The average molecular weight is 364 g/mol. The van der Waals surface area contributed by atoms with Crippen molar-refractivity contribution < 1.29 is 17.5 Å². The number of fused-ring (bicyclic) bond motifs is 1. The molecular weight excluding hydrogens is 343 g/mol. The highest BCUT2D eigenvalue weighted by atomic mass is 32.2. The molecule has 0 spiro atoms. The SMILES string of the molecule is CN(C)[C@H](CNS(=O)(=O)c1ccc2c(c1)CCO2)c1ccc(F)cc1. The van der Waals surface area contributed by atoms with Crippen LogP contribution in [0.2, 0.25) is 0 Å². The number of benzene rings is 2. The Morgan fingerprint density at radius 1 is 1.20 bits per heavy atom. The molecule has 0 fully saturated rings. The van der Waals surface area contributed by atoms with Gasteiger partial charge in [-0.1, -0.05) is 12.1 Å². The molecule has 3 rings (SSSR count). The highest BCUT2D eigenvalue weighted by Crippen LogP contribution is 2.27. The zero-order chi connectivity index (χ0) is 18.0. The van der Waals surface area contributed by atoms with Gasteiger partial charge in [-0.05, 0) is 55.6 Å². The molecule has 5 nitrogen and oxygen atoms in total. The quantitative estimate of drug-likeness (QED) is 0.855. The van der Waals surface area contributed by atoms with Crippen LogP contribution in [0.1, 0.15) is 17.2 Å². The molecule has 0 aliphatic carbocycles. The summed E-state index contributed by atoms with van der Waals surface area (Å²) in [5.41, 5.74) is 1.75. The number of likely N-dealkylation sites (N-methyl/N-ethyl adjacent to an activating group) is 1. The lowest BCUT2D eigenvalue weighted by molar-refractivity contribution is 0.299. The molecule has 1 aliphatic heterocycles. The number of nitrogens with zero attached hydrogens (tertiary/aromatic N) is 1. The molecule has 0 bridgehead atoms. The van der Waals surface area contributed by atoms with Gasteiger partial charge in [-0.25, -0.2) is 17.5 Å². The first-order valence-corrected chi connectivity index (χ1v) is 9.52. The molecule has 0 amide bonds. The third-order valence-electron chi connectivity index (χ3n) is 4.32. The van der Waals surface area contributed by atoms with Crippen LogP contribution in [0, 0.1) is 5.82 Å². The number of hydrogen-bond donors (Lipinski definition) is 1. The van der Waals surface area contributed by atoms with Crippen LogP contribution in [-0.4, -0.2) is 40.6 Å². The molecular formula is C18H21FN2O3S. The molecule has 25 heavy (non-hydrogen) atoms. The molecule has 1 aliphatic rings. The summed E-state index contributed by atoms with van der Waals surface area (Å²) >= 11 is 0. The van der Waals surface area contributed by atoms with E-state index in [4.69, 9.17) is 4.74 Å². The van der Waals surface area contributed by atoms with Crippen molar-refractivity contribution in [2.24, 2.45) is 0 Å². The molecule has 1 N–H and O–H groups in total. The first kappa shape index (κ1) is 17.8. The third kappa shape index (κ3) is 4.00. The van der Waals surface area contributed by atoms with Crippen molar-refractivity contribution in [3.05, 3.63) is 59.4 Å². The fraction of sp³-hybridized carbons (Fsp3) is 0.333. The number of hydrogen-bond acceptors (Lipinski definition) is 4. The summed E-state index contributed by atoms with van der Waals surface area (Å²) in [6, 6.07) is 10.8. The van der Waals surface area contributed by atoms with Crippen molar-refractivity contribution in [2.75, 3.05) is 27.2 Å². The van der Waals surface area contributed by atoms with Crippen LogP contribution in [0.5, 0.6) is 5.75 Å². The number of ether oxygens (including phenoxy) is 1. The molecule has 134 valence electrons. The largest absolute Gasteiger partial charge is 0.493 e. The van der Waals surface area contributed by atoms with E-state index in [9.17, 15) is 12.8 Å². The molecule has 0 unspecified atom stereocenters. The predicted octanol–water partition coefficient (Wildman–Crippen LogP) is 2.34. The Bertz CT molecular complexity index is 851. The lowest BCUT2D eigenvalue weighted by Crippen LogP contribution is -2.34. The van der Waals surface area contributed by atoms with Gasteiger partial charge in [0.2, 0.25) is 10.0 Å². The molecule has 2 aromatic rings. The van der Waals surface area contributed by atoms with Crippen molar-refractivity contribution >= 4 is 10.0 Å². The lowest BCUT2D eigenvalue weighted by Gasteiger charge is -2.25. The van der Waals surface area contributed by atoms with Crippen LogP contribution < -0.4 is 9.46 Å². The zero-order valence-electron chi connectivity index (χ0n) is 14.2. The standard InChI is InChI=1S/C18H21FN2O3S/c1-21(2)17(13-3-5-15(19)6-4-13)12-20-25(22,23)16-7-8-18-14(11-16)9-10-24-18/h3-8,11,17,20H,9-10,12H2,1-2H3/t17-/m1/s1. The Morgan fingerprint density at radius 3 is 2.60 bits per heavy atom. The first-order chi connectivity index (χ1) is 11.9. The highest BCUT2D eigenvalue weighted by molar-refractivity contribution is 7.89. The Labute approximate surface area is 147 Å². The summed E-state index contributed by atoms with van der Waals surface area (Å²) in [6.07, 6.45) is 0.717. The van der Waals surface area contributed by atoms with E-state index in [2.05, 4.69) is 4.72 Å². The molecule has 1 heterocycles. The molecule has 1 atom stereocenters. The van der Waals surface area contributed by atoms with Gasteiger partial charge in [0.25, 0.3) is 0 Å². The van der Waals surface area contributed by atoms with Gasteiger partial charge in [0, 0.05) is 19.0 Å². The van der Waals surface area contributed by atoms with Crippen molar-refractivity contribution in [3.63, 3.8) is 0 Å².